The smallest absolute Gasteiger partial charge is 0.317 e. The number of nitrogens with one attached hydrogen (secondary N) is 1. The molecule has 1 aromatic carbocycles. The van der Waals surface area contributed by atoms with Crippen LogP contribution in [0.25, 0.3) is 11.3 Å². The second kappa shape index (κ2) is 7.90. The van der Waals surface area contributed by atoms with Gasteiger partial charge in [0, 0.05) is 41.8 Å². The zero-order valence-electron chi connectivity index (χ0n) is 15.5. The summed E-state index contributed by atoms with van der Waals surface area (Å²) in [6, 6.07) is 10.4. The van der Waals surface area contributed by atoms with Gasteiger partial charge < -0.3 is 14.7 Å². The van der Waals surface area contributed by atoms with Crippen LogP contribution in [0.4, 0.5) is 4.79 Å². The van der Waals surface area contributed by atoms with E-state index in [-0.39, 0.29) is 6.03 Å². The Labute approximate surface area is 164 Å². The molecule has 0 radical (unpaired) electrons. The fraction of sp³-hybridized carbons (Fsp3) is 0.500. The number of aromatic nitrogens is 1. The fourth-order valence-corrected chi connectivity index (χ4v) is 4.05. The van der Waals surface area contributed by atoms with E-state index < -0.39 is 0 Å². The number of carbonyl (C=O) groups is 1. The monoisotopic (exact) mass is 388 g/mol. The maximum absolute atomic E-state index is 12.3. The Morgan fingerprint density at radius 1 is 1.30 bits per heavy atom. The van der Waals surface area contributed by atoms with Crippen molar-refractivity contribution < 1.29 is 9.32 Å². The summed E-state index contributed by atoms with van der Waals surface area (Å²) in [6.07, 6.45) is 3.86. The van der Waals surface area contributed by atoms with Crippen molar-refractivity contribution in [3.8, 4) is 11.3 Å². The molecule has 2 aliphatic rings. The highest BCUT2D eigenvalue weighted by molar-refractivity contribution is 6.30. The van der Waals surface area contributed by atoms with Gasteiger partial charge in [-0.3, -0.25) is 4.90 Å². The standard InChI is InChI=1S/C20H25ClN4O2/c1-14-4-2-3-9-25(14)17-12-24(13-17)20(26)22-11-18-10-19(23-27-18)15-5-7-16(21)8-6-15/h5-8,10,14,17H,2-4,9,11-13H2,1H3,(H,22,26)/t14-/m1/s1. The zero-order chi connectivity index (χ0) is 18.8. The van der Waals surface area contributed by atoms with Gasteiger partial charge in [-0.15, -0.1) is 0 Å². The van der Waals surface area contributed by atoms with Crippen LogP contribution in [0.5, 0.6) is 0 Å². The van der Waals surface area contributed by atoms with Gasteiger partial charge in [-0.25, -0.2) is 4.79 Å². The maximum Gasteiger partial charge on any atom is 0.317 e. The number of rotatable bonds is 4. The first-order chi connectivity index (χ1) is 13.1. The quantitative estimate of drug-likeness (QED) is 0.866. The molecule has 2 aromatic rings. The number of nitrogens with zero attached hydrogens (tertiary/aromatic N) is 3. The lowest BCUT2D eigenvalue weighted by atomic mass is 9.98. The maximum atomic E-state index is 12.3. The van der Waals surface area contributed by atoms with Crippen molar-refractivity contribution in [2.75, 3.05) is 19.6 Å². The summed E-state index contributed by atoms with van der Waals surface area (Å²) in [6.45, 7) is 5.41. The van der Waals surface area contributed by atoms with Crippen LogP contribution in [-0.4, -0.2) is 52.7 Å². The first-order valence-electron chi connectivity index (χ1n) is 9.60. The van der Waals surface area contributed by atoms with Gasteiger partial charge in [-0.2, -0.15) is 0 Å². The number of benzene rings is 1. The number of carbonyl (C=O) groups excluding carboxylic acids is 1. The molecule has 2 saturated heterocycles. The summed E-state index contributed by atoms with van der Waals surface area (Å²) >= 11 is 5.91. The number of piperidine rings is 1. The minimum atomic E-state index is -0.0413. The van der Waals surface area contributed by atoms with Crippen molar-refractivity contribution in [2.24, 2.45) is 0 Å². The largest absolute Gasteiger partial charge is 0.359 e. The first-order valence-corrected chi connectivity index (χ1v) is 9.98. The minimum absolute atomic E-state index is 0.0413. The molecule has 3 heterocycles. The van der Waals surface area contributed by atoms with Gasteiger partial charge in [0.05, 0.1) is 6.54 Å². The Bertz CT molecular complexity index is 786. The summed E-state index contributed by atoms with van der Waals surface area (Å²) < 4.78 is 5.34. The molecule has 2 amide bonds. The summed E-state index contributed by atoms with van der Waals surface area (Å²) in [7, 11) is 0. The normalized spacial score (nSPS) is 21.1. The van der Waals surface area contributed by atoms with E-state index in [0.717, 1.165) is 30.9 Å². The van der Waals surface area contributed by atoms with Crippen molar-refractivity contribution in [3.05, 3.63) is 41.1 Å². The van der Waals surface area contributed by atoms with Gasteiger partial charge in [0.25, 0.3) is 0 Å². The predicted molar refractivity (Wildman–Crippen MR) is 105 cm³/mol. The third-order valence-electron chi connectivity index (χ3n) is 5.59. The topological polar surface area (TPSA) is 61.6 Å². The van der Waals surface area contributed by atoms with E-state index >= 15 is 0 Å². The highest BCUT2D eigenvalue weighted by Gasteiger charge is 2.37. The van der Waals surface area contributed by atoms with Crippen molar-refractivity contribution >= 4 is 17.6 Å². The lowest BCUT2D eigenvalue weighted by Gasteiger charge is -2.49. The molecule has 0 spiro atoms. The Hall–Kier alpha value is -2.05. The molecule has 4 rings (SSSR count). The molecule has 0 unspecified atom stereocenters. The third-order valence-corrected chi connectivity index (χ3v) is 5.84. The molecule has 7 heteroatoms. The molecule has 0 bridgehead atoms. The first kappa shape index (κ1) is 18.3. The zero-order valence-corrected chi connectivity index (χ0v) is 16.3. The van der Waals surface area contributed by atoms with Gasteiger partial charge in [0.15, 0.2) is 5.76 Å². The highest BCUT2D eigenvalue weighted by atomic mass is 35.5. The number of hydrogen-bond acceptors (Lipinski definition) is 4. The second-order valence-corrected chi connectivity index (χ2v) is 7.92. The highest BCUT2D eigenvalue weighted by Crippen LogP contribution is 2.25. The molecule has 144 valence electrons. The Morgan fingerprint density at radius 2 is 2.07 bits per heavy atom. The summed E-state index contributed by atoms with van der Waals surface area (Å²) in [5.74, 6) is 0.634. The summed E-state index contributed by atoms with van der Waals surface area (Å²) in [4.78, 5) is 16.8. The minimum Gasteiger partial charge on any atom is -0.359 e. The van der Waals surface area contributed by atoms with Crippen LogP contribution in [-0.2, 0) is 6.54 Å². The van der Waals surface area contributed by atoms with Crippen molar-refractivity contribution in [1.29, 1.82) is 0 Å². The molecule has 27 heavy (non-hydrogen) atoms. The Morgan fingerprint density at radius 3 is 2.81 bits per heavy atom. The van der Waals surface area contributed by atoms with Gasteiger partial charge in [-0.1, -0.05) is 35.3 Å². The number of likely N-dealkylation sites (tertiary alicyclic amines) is 2. The lowest BCUT2D eigenvalue weighted by Crippen LogP contribution is -2.64. The van der Waals surface area contributed by atoms with Crippen LogP contribution in [0.2, 0.25) is 5.02 Å². The van der Waals surface area contributed by atoms with Crippen LogP contribution in [0.3, 0.4) is 0 Å². The predicted octanol–water partition coefficient (Wildman–Crippen LogP) is 3.76. The number of hydrogen-bond donors (Lipinski definition) is 1. The number of urea groups is 1. The lowest BCUT2D eigenvalue weighted by molar-refractivity contribution is 0.0168. The molecule has 6 nitrogen and oxygen atoms in total. The van der Waals surface area contributed by atoms with Crippen LogP contribution < -0.4 is 5.32 Å². The molecule has 0 saturated carbocycles. The Kier molecular flexibility index (Phi) is 5.36. The molecule has 2 aliphatic heterocycles. The van der Waals surface area contributed by atoms with Crippen LogP contribution >= 0.6 is 11.6 Å². The average Bonchev–Trinajstić information content (AvgIpc) is 3.10. The van der Waals surface area contributed by atoms with E-state index in [4.69, 9.17) is 16.1 Å². The molecular formula is C20H25ClN4O2. The average molecular weight is 389 g/mol. The van der Waals surface area contributed by atoms with Crippen molar-refractivity contribution in [3.63, 3.8) is 0 Å². The fourth-order valence-electron chi connectivity index (χ4n) is 3.92. The molecular weight excluding hydrogens is 364 g/mol. The van der Waals surface area contributed by atoms with Gasteiger partial charge in [0.1, 0.15) is 5.69 Å². The summed E-state index contributed by atoms with van der Waals surface area (Å²) in [5.41, 5.74) is 1.67. The van der Waals surface area contributed by atoms with Crippen LogP contribution in [0.1, 0.15) is 31.9 Å². The van der Waals surface area contributed by atoms with Gasteiger partial charge in [0.2, 0.25) is 0 Å². The summed E-state index contributed by atoms with van der Waals surface area (Å²) in [5, 5.41) is 7.67. The molecule has 0 aliphatic carbocycles. The second-order valence-electron chi connectivity index (χ2n) is 7.49. The van der Waals surface area contributed by atoms with E-state index in [0.29, 0.717) is 29.4 Å². The van der Waals surface area contributed by atoms with Crippen LogP contribution in [0, 0.1) is 0 Å². The van der Waals surface area contributed by atoms with E-state index in [2.05, 4.69) is 22.3 Å². The van der Waals surface area contributed by atoms with Gasteiger partial charge >= 0.3 is 6.03 Å². The Balaban J connectivity index is 1.25. The number of halogens is 1. The van der Waals surface area contributed by atoms with Gasteiger partial charge in [-0.05, 0) is 38.4 Å². The molecule has 1 aromatic heterocycles. The van der Waals surface area contributed by atoms with E-state index in [1.165, 1.54) is 19.3 Å². The van der Waals surface area contributed by atoms with Crippen molar-refractivity contribution in [1.82, 2.24) is 20.3 Å². The van der Waals surface area contributed by atoms with E-state index in [9.17, 15) is 4.79 Å². The molecule has 1 N–H and O–H groups in total. The van der Waals surface area contributed by atoms with Crippen LogP contribution in [0.15, 0.2) is 34.9 Å². The van der Waals surface area contributed by atoms with E-state index in [1.807, 2.05) is 35.2 Å². The SMILES string of the molecule is C[C@@H]1CCCCN1C1CN(C(=O)NCc2cc(-c3ccc(Cl)cc3)no2)C1. The van der Waals surface area contributed by atoms with Crippen molar-refractivity contribution in [2.45, 2.75) is 44.8 Å². The molecule has 1 atom stereocenters. The van der Waals surface area contributed by atoms with E-state index in [1.54, 1.807) is 0 Å². The number of amides is 2. The molecule has 2 fully saturated rings. The third kappa shape index (κ3) is 4.12.